The monoisotopic (exact) mass is 246 g/mol. The number of halogens is 2. The molecule has 3 heteroatoms. The van der Waals surface area contributed by atoms with Gasteiger partial charge in [0.1, 0.15) is 5.67 Å². The predicted octanol–water partition coefficient (Wildman–Crippen LogP) is 1.92. The molecule has 1 unspecified atom stereocenters. The third-order valence-electron chi connectivity index (χ3n) is 0.905. The highest BCUT2D eigenvalue weighted by Crippen LogP contribution is 2.20. The summed E-state index contributed by atoms with van der Waals surface area (Å²) in [4.78, 5) is 0. The largest absolute Gasteiger partial charge is 0.395 e. The Bertz CT molecular complexity index is 79.6. The Morgan fingerprint density at radius 1 is 1.67 bits per heavy atom. The van der Waals surface area contributed by atoms with Gasteiger partial charge in [-0.15, -0.1) is 0 Å². The standard InChI is InChI=1S/C6H12FIO/c1-6(2,7)3-5(8)4-9/h5,9H,3-4H2,1-2H3. The van der Waals surface area contributed by atoms with E-state index in [2.05, 4.69) is 0 Å². The Morgan fingerprint density at radius 2 is 2.11 bits per heavy atom. The zero-order valence-corrected chi connectivity index (χ0v) is 7.85. The van der Waals surface area contributed by atoms with Gasteiger partial charge in [-0.3, -0.25) is 0 Å². The fourth-order valence-electron chi connectivity index (χ4n) is 0.591. The molecule has 0 saturated heterocycles. The highest BCUT2D eigenvalue weighted by atomic mass is 127. The molecule has 0 saturated carbocycles. The van der Waals surface area contributed by atoms with E-state index in [4.69, 9.17) is 5.11 Å². The first-order chi connectivity index (χ1) is 3.95. The van der Waals surface area contributed by atoms with Crippen LogP contribution < -0.4 is 0 Å². The van der Waals surface area contributed by atoms with Crippen molar-refractivity contribution in [1.82, 2.24) is 0 Å². The maximum Gasteiger partial charge on any atom is 0.106 e. The average molecular weight is 246 g/mol. The van der Waals surface area contributed by atoms with E-state index in [-0.39, 0.29) is 10.5 Å². The molecule has 0 radical (unpaired) electrons. The van der Waals surface area contributed by atoms with Crippen LogP contribution in [-0.4, -0.2) is 21.3 Å². The smallest absolute Gasteiger partial charge is 0.106 e. The van der Waals surface area contributed by atoms with E-state index in [0.29, 0.717) is 6.42 Å². The van der Waals surface area contributed by atoms with E-state index >= 15 is 0 Å². The van der Waals surface area contributed by atoms with Gasteiger partial charge in [-0.1, -0.05) is 22.6 Å². The fraction of sp³-hybridized carbons (Fsp3) is 1.00. The minimum absolute atomic E-state index is 0.0441. The fourth-order valence-corrected chi connectivity index (χ4v) is 1.64. The number of alkyl halides is 2. The molecule has 0 aliphatic rings. The van der Waals surface area contributed by atoms with E-state index in [9.17, 15) is 4.39 Å². The van der Waals surface area contributed by atoms with Crippen molar-refractivity contribution in [3.8, 4) is 0 Å². The summed E-state index contributed by atoms with van der Waals surface area (Å²) >= 11 is 2.04. The van der Waals surface area contributed by atoms with Gasteiger partial charge < -0.3 is 5.11 Å². The van der Waals surface area contributed by atoms with Crippen LogP contribution in [0.5, 0.6) is 0 Å². The predicted molar refractivity (Wildman–Crippen MR) is 44.7 cm³/mol. The van der Waals surface area contributed by atoms with Crippen LogP contribution in [0.4, 0.5) is 4.39 Å². The second kappa shape index (κ2) is 3.71. The number of rotatable bonds is 3. The summed E-state index contributed by atoms with van der Waals surface area (Å²) in [6.07, 6.45) is 0.421. The first-order valence-electron chi connectivity index (χ1n) is 2.89. The van der Waals surface area contributed by atoms with Crippen molar-refractivity contribution >= 4 is 22.6 Å². The summed E-state index contributed by atoms with van der Waals surface area (Å²) in [5.74, 6) is 0. The van der Waals surface area contributed by atoms with E-state index in [1.54, 1.807) is 0 Å². The minimum atomic E-state index is -1.14. The molecule has 0 heterocycles. The van der Waals surface area contributed by atoms with Gasteiger partial charge >= 0.3 is 0 Å². The highest BCUT2D eigenvalue weighted by Gasteiger charge is 2.19. The number of aliphatic hydroxyl groups excluding tert-OH is 1. The Morgan fingerprint density at radius 3 is 2.22 bits per heavy atom. The maximum atomic E-state index is 12.7. The summed E-state index contributed by atoms with van der Waals surface area (Å²) in [5.41, 5.74) is -1.14. The van der Waals surface area contributed by atoms with Crippen LogP contribution in [0.1, 0.15) is 20.3 Å². The summed E-state index contributed by atoms with van der Waals surface area (Å²) in [5, 5.41) is 8.52. The van der Waals surface area contributed by atoms with E-state index < -0.39 is 5.67 Å². The molecule has 0 amide bonds. The molecule has 0 bridgehead atoms. The van der Waals surface area contributed by atoms with Crippen molar-refractivity contribution in [1.29, 1.82) is 0 Å². The first kappa shape index (κ1) is 9.62. The lowest BCUT2D eigenvalue weighted by molar-refractivity contribution is 0.183. The average Bonchev–Trinajstić information content (AvgIpc) is 1.62. The van der Waals surface area contributed by atoms with Crippen molar-refractivity contribution in [3.63, 3.8) is 0 Å². The molecule has 0 aromatic rings. The van der Waals surface area contributed by atoms with Crippen LogP contribution in [0.25, 0.3) is 0 Å². The van der Waals surface area contributed by atoms with Crippen molar-refractivity contribution in [2.45, 2.75) is 29.9 Å². The second-order valence-electron chi connectivity index (χ2n) is 2.70. The SMILES string of the molecule is CC(C)(F)CC(I)CO. The van der Waals surface area contributed by atoms with E-state index in [0.717, 1.165) is 0 Å². The maximum absolute atomic E-state index is 12.7. The van der Waals surface area contributed by atoms with Gasteiger partial charge in [-0.2, -0.15) is 0 Å². The minimum Gasteiger partial charge on any atom is -0.395 e. The van der Waals surface area contributed by atoms with Gasteiger partial charge in [0.05, 0.1) is 6.61 Å². The first-order valence-corrected chi connectivity index (χ1v) is 4.14. The van der Waals surface area contributed by atoms with Crippen molar-refractivity contribution < 1.29 is 9.50 Å². The zero-order chi connectivity index (χ0) is 7.49. The van der Waals surface area contributed by atoms with Crippen LogP contribution >= 0.6 is 22.6 Å². The molecule has 1 N–H and O–H groups in total. The zero-order valence-electron chi connectivity index (χ0n) is 5.69. The lowest BCUT2D eigenvalue weighted by Crippen LogP contribution is -2.19. The van der Waals surface area contributed by atoms with Gasteiger partial charge in [0.15, 0.2) is 0 Å². The lowest BCUT2D eigenvalue weighted by atomic mass is 10.1. The molecule has 0 fully saturated rings. The number of aliphatic hydroxyl groups is 1. The molecule has 0 rings (SSSR count). The van der Waals surface area contributed by atoms with Crippen molar-refractivity contribution in [2.75, 3.05) is 6.61 Å². The quantitative estimate of drug-likeness (QED) is 0.595. The summed E-state index contributed by atoms with van der Waals surface area (Å²) < 4.78 is 12.8. The molecule has 0 spiro atoms. The molecule has 0 aromatic carbocycles. The summed E-state index contributed by atoms with van der Waals surface area (Å²) in [7, 11) is 0. The van der Waals surface area contributed by atoms with Crippen LogP contribution in [0.15, 0.2) is 0 Å². The van der Waals surface area contributed by atoms with E-state index in [1.165, 1.54) is 13.8 Å². The Labute approximate surface area is 68.8 Å². The molecule has 1 atom stereocenters. The third kappa shape index (κ3) is 6.51. The van der Waals surface area contributed by atoms with Crippen molar-refractivity contribution in [2.24, 2.45) is 0 Å². The van der Waals surface area contributed by atoms with Crippen LogP contribution in [-0.2, 0) is 0 Å². The van der Waals surface area contributed by atoms with Gasteiger partial charge in [-0.05, 0) is 20.3 Å². The molecular formula is C6H12FIO. The molecular weight excluding hydrogens is 234 g/mol. The topological polar surface area (TPSA) is 20.2 Å². The Balaban J connectivity index is 3.47. The second-order valence-corrected chi connectivity index (χ2v) is 4.46. The molecule has 0 aliphatic heterocycles. The summed E-state index contributed by atoms with van der Waals surface area (Å²) in [6.45, 7) is 3.11. The Hall–Kier alpha value is 0.620. The number of hydrogen-bond acceptors (Lipinski definition) is 1. The molecule has 0 aliphatic carbocycles. The van der Waals surface area contributed by atoms with Gasteiger partial charge in [0.25, 0.3) is 0 Å². The van der Waals surface area contributed by atoms with Gasteiger partial charge in [0.2, 0.25) is 0 Å². The highest BCUT2D eigenvalue weighted by molar-refractivity contribution is 14.1. The van der Waals surface area contributed by atoms with E-state index in [1.807, 2.05) is 22.6 Å². The van der Waals surface area contributed by atoms with Crippen LogP contribution in [0, 0.1) is 0 Å². The van der Waals surface area contributed by atoms with Crippen LogP contribution in [0.2, 0.25) is 0 Å². The third-order valence-corrected chi connectivity index (χ3v) is 1.74. The lowest BCUT2D eigenvalue weighted by Gasteiger charge is -2.16. The number of hydrogen-bond donors (Lipinski definition) is 1. The van der Waals surface area contributed by atoms with Gasteiger partial charge in [0, 0.05) is 3.92 Å². The molecule has 0 aromatic heterocycles. The molecule has 1 nitrogen and oxygen atoms in total. The van der Waals surface area contributed by atoms with Gasteiger partial charge in [-0.25, -0.2) is 4.39 Å². The summed E-state index contributed by atoms with van der Waals surface area (Å²) in [6, 6.07) is 0. The Kier molecular flexibility index (Phi) is 3.96. The van der Waals surface area contributed by atoms with Crippen molar-refractivity contribution in [3.05, 3.63) is 0 Å². The normalized spacial score (nSPS) is 15.7. The molecule has 56 valence electrons. The van der Waals surface area contributed by atoms with Crippen LogP contribution in [0.3, 0.4) is 0 Å². The molecule has 9 heavy (non-hydrogen) atoms.